The molecule has 4 atom stereocenters. The summed E-state index contributed by atoms with van der Waals surface area (Å²) in [6.45, 7) is 4.14. The van der Waals surface area contributed by atoms with Crippen LogP contribution in [-0.2, 0) is 19.1 Å². The number of hydrogen-bond donors (Lipinski definition) is 0. The maximum Gasteiger partial charge on any atom is 0.409 e. The molecule has 0 radical (unpaired) electrons. The van der Waals surface area contributed by atoms with Crippen molar-refractivity contribution in [2.75, 3.05) is 51.3 Å². The lowest BCUT2D eigenvalue weighted by molar-refractivity contribution is -0.141. The van der Waals surface area contributed by atoms with Crippen LogP contribution in [0.5, 0.6) is 5.75 Å². The van der Waals surface area contributed by atoms with Crippen molar-refractivity contribution in [2.24, 2.45) is 11.8 Å². The normalized spacial score (nSPS) is 30.6. The summed E-state index contributed by atoms with van der Waals surface area (Å²) in [6, 6.07) is 7.31. The van der Waals surface area contributed by atoms with E-state index in [0.717, 1.165) is 5.69 Å². The van der Waals surface area contributed by atoms with Crippen LogP contribution < -0.4 is 9.64 Å². The maximum atomic E-state index is 13.5. The maximum absolute atomic E-state index is 13.5. The van der Waals surface area contributed by atoms with Crippen molar-refractivity contribution < 1.29 is 28.6 Å². The molecule has 1 aromatic carbocycles. The molecule has 3 saturated heterocycles. The number of carbonyl (C=O) groups is 3. The van der Waals surface area contributed by atoms with Crippen LogP contribution in [0.25, 0.3) is 0 Å². The first-order chi connectivity index (χ1) is 15.5. The minimum Gasteiger partial charge on any atom is -0.497 e. The van der Waals surface area contributed by atoms with Crippen molar-refractivity contribution >= 4 is 23.6 Å². The lowest BCUT2D eigenvalue weighted by Crippen LogP contribution is -2.54. The zero-order valence-corrected chi connectivity index (χ0v) is 18.2. The summed E-state index contributed by atoms with van der Waals surface area (Å²) in [5, 5.41) is 0. The average Bonchev–Trinajstić information content (AvgIpc) is 3.47. The third-order valence-corrected chi connectivity index (χ3v) is 6.89. The van der Waals surface area contributed by atoms with Gasteiger partial charge in [-0.2, -0.15) is 0 Å². The second kappa shape index (κ2) is 7.81. The number of carbonyl (C=O) groups excluding carboxylic acids is 3. The predicted molar refractivity (Wildman–Crippen MR) is 114 cm³/mol. The van der Waals surface area contributed by atoms with Crippen molar-refractivity contribution in [3.8, 4) is 5.75 Å². The number of fused-ring (bicyclic) bond motifs is 1. The number of amides is 3. The van der Waals surface area contributed by atoms with Gasteiger partial charge in [0.15, 0.2) is 0 Å². The van der Waals surface area contributed by atoms with Crippen LogP contribution in [0.15, 0.2) is 36.4 Å². The fourth-order valence-corrected chi connectivity index (χ4v) is 5.30. The SMILES string of the molecule is CCOC(=O)N1CCN(C(=O)[C@@H]2[C@H]3C(=O)N(c4ccc(OC)cc4)C[C@]34C=C[C@H]2O4)CC1. The molecule has 3 amide bonds. The highest BCUT2D eigenvalue weighted by atomic mass is 16.6. The van der Waals surface area contributed by atoms with Crippen LogP contribution in [0.4, 0.5) is 10.5 Å². The molecule has 0 aliphatic carbocycles. The van der Waals surface area contributed by atoms with Gasteiger partial charge in [0.2, 0.25) is 11.8 Å². The van der Waals surface area contributed by atoms with Crippen LogP contribution in [0.1, 0.15) is 6.92 Å². The van der Waals surface area contributed by atoms with Gasteiger partial charge in [-0.15, -0.1) is 0 Å². The van der Waals surface area contributed by atoms with Crippen molar-refractivity contribution in [2.45, 2.75) is 18.6 Å². The third kappa shape index (κ3) is 3.14. The number of anilines is 1. The molecule has 32 heavy (non-hydrogen) atoms. The Kier molecular flexibility index (Phi) is 5.08. The number of rotatable bonds is 4. The van der Waals surface area contributed by atoms with E-state index in [1.54, 1.807) is 28.7 Å². The number of benzene rings is 1. The molecule has 0 N–H and O–H groups in total. The first-order valence-electron chi connectivity index (χ1n) is 11.0. The molecule has 2 bridgehead atoms. The highest BCUT2D eigenvalue weighted by molar-refractivity contribution is 6.03. The molecule has 9 heteroatoms. The topological polar surface area (TPSA) is 88.6 Å². The molecular formula is C23H27N3O6. The Morgan fingerprint density at radius 1 is 1.12 bits per heavy atom. The van der Waals surface area contributed by atoms with E-state index in [0.29, 0.717) is 45.1 Å². The van der Waals surface area contributed by atoms with Crippen molar-refractivity contribution in [3.05, 3.63) is 36.4 Å². The molecule has 0 saturated carbocycles. The van der Waals surface area contributed by atoms with Crippen LogP contribution >= 0.6 is 0 Å². The van der Waals surface area contributed by atoms with Crippen molar-refractivity contribution in [3.63, 3.8) is 0 Å². The van der Waals surface area contributed by atoms with Crippen LogP contribution in [0.3, 0.4) is 0 Å². The predicted octanol–water partition coefficient (Wildman–Crippen LogP) is 1.28. The number of piperazine rings is 1. The summed E-state index contributed by atoms with van der Waals surface area (Å²) < 4.78 is 16.5. The third-order valence-electron chi connectivity index (χ3n) is 6.89. The Labute approximate surface area is 186 Å². The van der Waals surface area contributed by atoms with E-state index in [9.17, 15) is 14.4 Å². The van der Waals surface area contributed by atoms with Gasteiger partial charge in [0.05, 0.1) is 38.2 Å². The number of methoxy groups -OCH3 is 1. The standard InChI is InChI=1S/C23H27N3O6/c1-3-31-22(29)25-12-10-24(11-13-25)20(27)18-17-8-9-23(32-17)14-26(21(28)19(18)23)15-4-6-16(30-2)7-5-15/h4-9,17-19H,3,10-14H2,1-2H3/t17-,18+,19+,23-/m1/s1. The van der Waals surface area contributed by atoms with Gasteiger partial charge >= 0.3 is 6.09 Å². The highest BCUT2D eigenvalue weighted by Crippen LogP contribution is 2.53. The summed E-state index contributed by atoms with van der Waals surface area (Å²) in [6.07, 6.45) is 3.12. The van der Waals surface area contributed by atoms with Crippen LogP contribution in [0, 0.1) is 11.8 Å². The zero-order valence-electron chi connectivity index (χ0n) is 18.2. The van der Waals surface area contributed by atoms with E-state index < -0.39 is 23.5 Å². The van der Waals surface area contributed by atoms with Gasteiger partial charge in [0, 0.05) is 31.9 Å². The fraction of sp³-hybridized carbons (Fsp3) is 0.522. The molecule has 4 heterocycles. The van der Waals surface area contributed by atoms with Crippen molar-refractivity contribution in [1.29, 1.82) is 0 Å². The number of hydrogen-bond acceptors (Lipinski definition) is 6. The monoisotopic (exact) mass is 441 g/mol. The summed E-state index contributed by atoms with van der Waals surface area (Å²) in [4.78, 5) is 44.0. The summed E-state index contributed by atoms with van der Waals surface area (Å²) >= 11 is 0. The van der Waals surface area contributed by atoms with E-state index in [1.807, 2.05) is 36.4 Å². The Morgan fingerprint density at radius 3 is 2.47 bits per heavy atom. The Morgan fingerprint density at radius 2 is 1.81 bits per heavy atom. The molecule has 4 aliphatic rings. The molecular weight excluding hydrogens is 414 g/mol. The van der Waals surface area contributed by atoms with Gasteiger partial charge in [-0.3, -0.25) is 9.59 Å². The zero-order chi connectivity index (χ0) is 22.5. The summed E-state index contributed by atoms with van der Waals surface area (Å²) in [5.41, 5.74) is -0.0105. The van der Waals surface area contributed by atoms with E-state index >= 15 is 0 Å². The average molecular weight is 441 g/mol. The molecule has 3 fully saturated rings. The molecule has 0 unspecified atom stereocenters. The molecule has 5 rings (SSSR count). The van der Waals surface area contributed by atoms with Gasteiger partial charge in [0.1, 0.15) is 11.4 Å². The van der Waals surface area contributed by atoms with E-state index in [4.69, 9.17) is 14.2 Å². The Hall–Kier alpha value is -3.07. The van der Waals surface area contributed by atoms with Gasteiger partial charge in [0.25, 0.3) is 0 Å². The van der Waals surface area contributed by atoms with Gasteiger partial charge < -0.3 is 28.9 Å². The largest absolute Gasteiger partial charge is 0.497 e. The molecule has 9 nitrogen and oxygen atoms in total. The summed E-state index contributed by atoms with van der Waals surface area (Å²) in [5.74, 6) is -0.559. The van der Waals surface area contributed by atoms with Gasteiger partial charge in [-0.1, -0.05) is 12.2 Å². The molecule has 1 spiro atoms. The Bertz CT molecular complexity index is 955. The highest BCUT2D eigenvalue weighted by Gasteiger charge is 2.67. The minimum absolute atomic E-state index is 0.0836. The Balaban J connectivity index is 1.32. The molecule has 4 aliphatic heterocycles. The first-order valence-corrected chi connectivity index (χ1v) is 11.0. The van der Waals surface area contributed by atoms with E-state index in [1.165, 1.54) is 0 Å². The fourth-order valence-electron chi connectivity index (χ4n) is 5.30. The lowest BCUT2D eigenvalue weighted by atomic mass is 9.76. The smallest absolute Gasteiger partial charge is 0.409 e. The van der Waals surface area contributed by atoms with Gasteiger partial charge in [-0.25, -0.2) is 4.79 Å². The van der Waals surface area contributed by atoms with Crippen LogP contribution in [-0.4, -0.2) is 85.9 Å². The molecule has 170 valence electrons. The first kappa shape index (κ1) is 20.8. The number of nitrogens with zero attached hydrogens (tertiary/aromatic N) is 3. The molecule has 0 aromatic heterocycles. The number of ether oxygens (including phenoxy) is 3. The van der Waals surface area contributed by atoms with Gasteiger partial charge in [-0.05, 0) is 31.2 Å². The second-order valence-electron chi connectivity index (χ2n) is 8.53. The van der Waals surface area contributed by atoms with E-state index in [-0.39, 0.29) is 17.9 Å². The minimum atomic E-state index is -0.769. The quantitative estimate of drug-likeness (QED) is 0.654. The molecule has 1 aromatic rings. The van der Waals surface area contributed by atoms with Crippen molar-refractivity contribution in [1.82, 2.24) is 9.80 Å². The second-order valence-corrected chi connectivity index (χ2v) is 8.53. The summed E-state index contributed by atoms with van der Waals surface area (Å²) in [7, 11) is 1.60. The van der Waals surface area contributed by atoms with E-state index in [2.05, 4.69) is 0 Å². The van der Waals surface area contributed by atoms with Crippen LogP contribution in [0.2, 0.25) is 0 Å². The lowest BCUT2D eigenvalue weighted by Gasteiger charge is -2.36.